The summed E-state index contributed by atoms with van der Waals surface area (Å²) in [6.07, 6.45) is 4.01. The number of fused-ring (bicyclic) bond motifs is 1. The number of rotatable bonds is 6. The van der Waals surface area contributed by atoms with Crippen LogP contribution in [0.4, 0.5) is 5.69 Å². The summed E-state index contributed by atoms with van der Waals surface area (Å²) in [7, 11) is 0. The second kappa shape index (κ2) is 8.74. The number of hydrogen-bond donors (Lipinski definition) is 1. The van der Waals surface area contributed by atoms with E-state index in [0.717, 1.165) is 22.2 Å². The van der Waals surface area contributed by atoms with Gasteiger partial charge in [0.25, 0.3) is 5.56 Å². The fourth-order valence-electron chi connectivity index (χ4n) is 3.43. The minimum absolute atomic E-state index is 0.0324. The molecule has 156 valence electrons. The van der Waals surface area contributed by atoms with E-state index in [4.69, 9.17) is 0 Å². The first-order valence-corrected chi connectivity index (χ1v) is 9.94. The molecule has 8 nitrogen and oxygen atoms in total. The van der Waals surface area contributed by atoms with Gasteiger partial charge >= 0.3 is 5.69 Å². The predicted molar refractivity (Wildman–Crippen MR) is 117 cm³/mol. The van der Waals surface area contributed by atoms with Gasteiger partial charge in [-0.2, -0.15) is 4.98 Å². The molecule has 0 spiro atoms. The number of aromatic nitrogens is 4. The van der Waals surface area contributed by atoms with Crippen LogP contribution in [-0.2, 0) is 24.3 Å². The Hall–Kier alpha value is -4.07. The van der Waals surface area contributed by atoms with E-state index in [1.165, 1.54) is 4.57 Å². The number of carbonyl (C=O) groups excluding carboxylic acids is 1. The third-order valence-corrected chi connectivity index (χ3v) is 4.98. The molecule has 0 bridgehead atoms. The van der Waals surface area contributed by atoms with Gasteiger partial charge in [0.05, 0.1) is 17.8 Å². The molecule has 0 radical (unpaired) electrons. The summed E-state index contributed by atoms with van der Waals surface area (Å²) in [4.78, 5) is 46.4. The highest BCUT2D eigenvalue weighted by atomic mass is 16.2. The van der Waals surface area contributed by atoms with Crippen LogP contribution in [0.15, 0.2) is 76.6 Å². The minimum atomic E-state index is -0.681. The maximum Gasteiger partial charge on any atom is 0.352 e. The maximum atomic E-state index is 12.9. The molecule has 1 aromatic heterocycles. The average Bonchev–Trinajstić information content (AvgIpc) is 2.78. The second-order valence-corrected chi connectivity index (χ2v) is 7.04. The number of aryl methyl sites for hydroxylation is 1. The second-order valence-electron chi connectivity index (χ2n) is 7.04. The fourth-order valence-corrected chi connectivity index (χ4v) is 3.43. The molecule has 0 atom stereocenters. The number of nitrogens with one attached hydrogen (secondary N) is 1. The molecular formula is C23H21N5O3. The van der Waals surface area contributed by atoms with Crippen molar-refractivity contribution < 1.29 is 4.79 Å². The Morgan fingerprint density at radius 3 is 2.61 bits per heavy atom. The van der Waals surface area contributed by atoms with Crippen LogP contribution in [0.2, 0.25) is 0 Å². The molecule has 0 aliphatic carbocycles. The zero-order chi connectivity index (χ0) is 21.8. The minimum Gasteiger partial charge on any atom is -0.324 e. The third-order valence-electron chi connectivity index (χ3n) is 4.98. The number of hydrogen-bond acceptors (Lipinski definition) is 5. The molecule has 1 N–H and O–H groups in total. The molecule has 8 heteroatoms. The van der Waals surface area contributed by atoms with E-state index in [1.807, 2.05) is 31.2 Å². The van der Waals surface area contributed by atoms with Gasteiger partial charge in [0.1, 0.15) is 6.54 Å². The number of pyridine rings is 2. The highest BCUT2D eigenvalue weighted by Crippen LogP contribution is 2.17. The fraction of sp³-hybridized carbons (Fsp3) is 0.174. The maximum absolute atomic E-state index is 12.9. The molecule has 0 saturated heterocycles. The van der Waals surface area contributed by atoms with Crippen LogP contribution in [0.1, 0.15) is 18.2 Å². The highest BCUT2D eigenvalue weighted by molar-refractivity contribution is 5.91. The van der Waals surface area contributed by atoms with Crippen LogP contribution in [0.25, 0.3) is 11.4 Å². The van der Waals surface area contributed by atoms with Crippen molar-refractivity contribution in [3.05, 3.63) is 99.1 Å². The lowest BCUT2D eigenvalue weighted by Gasteiger charge is -2.15. The summed E-state index contributed by atoms with van der Waals surface area (Å²) >= 11 is 0. The van der Waals surface area contributed by atoms with Crippen molar-refractivity contribution in [3.8, 4) is 11.4 Å². The molecule has 1 amide bonds. The van der Waals surface area contributed by atoms with Crippen molar-refractivity contribution in [1.82, 2.24) is 19.1 Å². The molecule has 1 aromatic carbocycles. The third kappa shape index (κ3) is 4.28. The summed E-state index contributed by atoms with van der Waals surface area (Å²) < 4.78 is 2.56. The van der Waals surface area contributed by atoms with Crippen LogP contribution >= 0.6 is 0 Å². The van der Waals surface area contributed by atoms with Crippen molar-refractivity contribution in [1.29, 1.82) is 0 Å². The monoisotopic (exact) mass is 415 g/mol. The first kappa shape index (κ1) is 20.2. The first-order valence-electron chi connectivity index (χ1n) is 9.94. The van der Waals surface area contributed by atoms with Crippen molar-refractivity contribution in [2.75, 3.05) is 5.32 Å². The van der Waals surface area contributed by atoms with E-state index in [2.05, 4.69) is 15.3 Å². The molecule has 4 rings (SSSR count). The molecule has 0 unspecified atom stereocenters. The number of nitrogens with zero attached hydrogens (tertiary/aromatic N) is 4. The van der Waals surface area contributed by atoms with Gasteiger partial charge in [-0.3, -0.25) is 19.1 Å². The smallest absolute Gasteiger partial charge is 0.324 e. The quantitative estimate of drug-likeness (QED) is 0.520. The average molecular weight is 415 g/mol. The van der Waals surface area contributed by atoms with Gasteiger partial charge in [-0.25, -0.2) is 4.79 Å². The van der Waals surface area contributed by atoms with Crippen LogP contribution < -0.4 is 16.6 Å². The van der Waals surface area contributed by atoms with Gasteiger partial charge < -0.3 is 9.88 Å². The summed E-state index contributed by atoms with van der Waals surface area (Å²) in [6, 6.07) is 16.1. The molecule has 0 fully saturated rings. The Morgan fingerprint density at radius 1 is 1.03 bits per heavy atom. The van der Waals surface area contributed by atoms with Gasteiger partial charge in [-0.15, -0.1) is 0 Å². The number of carbonyl (C=O) groups is 1. The lowest BCUT2D eigenvalue weighted by atomic mass is 10.1. The molecule has 3 heterocycles. The van der Waals surface area contributed by atoms with Crippen LogP contribution in [0.5, 0.6) is 0 Å². The molecule has 2 aromatic rings. The van der Waals surface area contributed by atoms with Gasteiger partial charge in [-0.1, -0.05) is 31.2 Å². The van der Waals surface area contributed by atoms with Crippen molar-refractivity contribution in [3.63, 3.8) is 0 Å². The van der Waals surface area contributed by atoms with E-state index in [1.54, 1.807) is 42.7 Å². The van der Waals surface area contributed by atoms with Crippen molar-refractivity contribution >= 4 is 11.6 Å². The number of para-hydroxylation sites is 1. The lowest BCUT2D eigenvalue weighted by Crippen LogP contribution is -2.38. The summed E-state index contributed by atoms with van der Waals surface area (Å²) in [5, 5.41) is 2.89. The Labute approximate surface area is 178 Å². The van der Waals surface area contributed by atoms with Gasteiger partial charge in [0.2, 0.25) is 5.91 Å². The normalized spacial score (nSPS) is 10.9. The van der Waals surface area contributed by atoms with E-state index in [0.29, 0.717) is 5.69 Å². The highest BCUT2D eigenvalue weighted by Gasteiger charge is 2.18. The van der Waals surface area contributed by atoms with Gasteiger partial charge in [0.15, 0.2) is 5.82 Å². The number of anilines is 1. The predicted octanol–water partition coefficient (Wildman–Crippen LogP) is 2.15. The van der Waals surface area contributed by atoms with Crippen LogP contribution in [-0.4, -0.2) is 25.0 Å². The summed E-state index contributed by atoms with van der Waals surface area (Å²) in [6.45, 7) is 1.97. The zero-order valence-electron chi connectivity index (χ0n) is 17.0. The molecule has 2 aliphatic heterocycles. The number of benzene rings is 1. The Bertz CT molecular complexity index is 1310. The molecule has 0 saturated carbocycles. The van der Waals surface area contributed by atoms with E-state index >= 15 is 0 Å². The van der Waals surface area contributed by atoms with Gasteiger partial charge in [0, 0.05) is 18.1 Å². The molecular weight excluding hydrogens is 394 g/mol. The first-order chi connectivity index (χ1) is 15.1. The standard InChI is InChI=1S/C23H21N5O3/c1-2-16-8-3-4-11-19(16)25-20(29)15-27-13-7-10-18-21(27)26-23(31)28(22(18)30)14-17-9-5-6-12-24-17/h3-13H,2,14-15H2,1H3,(H,25,29). The van der Waals surface area contributed by atoms with E-state index < -0.39 is 11.2 Å². The SMILES string of the molecule is CCc1ccccc1NC(=O)Cn1cccc2c(=O)n(Cc3ccccn3)c(=O)nc1-2. The van der Waals surface area contributed by atoms with Gasteiger partial charge in [-0.05, 0) is 42.3 Å². The topological polar surface area (TPSA) is 98.9 Å². The molecule has 2 aliphatic rings. The van der Waals surface area contributed by atoms with Crippen molar-refractivity contribution in [2.45, 2.75) is 26.4 Å². The lowest BCUT2D eigenvalue weighted by molar-refractivity contribution is -0.116. The summed E-state index contributed by atoms with van der Waals surface area (Å²) in [5.74, 6) is -0.0981. The number of amides is 1. The largest absolute Gasteiger partial charge is 0.352 e. The summed E-state index contributed by atoms with van der Waals surface area (Å²) in [5.41, 5.74) is 1.47. The Morgan fingerprint density at radius 2 is 1.84 bits per heavy atom. The van der Waals surface area contributed by atoms with Crippen LogP contribution in [0, 0.1) is 0 Å². The van der Waals surface area contributed by atoms with E-state index in [9.17, 15) is 14.4 Å². The Balaban J connectivity index is 1.64. The molecule has 31 heavy (non-hydrogen) atoms. The zero-order valence-corrected chi connectivity index (χ0v) is 17.0. The van der Waals surface area contributed by atoms with Crippen LogP contribution in [0.3, 0.4) is 0 Å². The Kier molecular flexibility index (Phi) is 5.70. The van der Waals surface area contributed by atoms with Crippen molar-refractivity contribution in [2.24, 2.45) is 0 Å². The van der Waals surface area contributed by atoms with E-state index in [-0.39, 0.29) is 30.4 Å².